The summed E-state index contributed by atoms with van der Waals surface area (Å²) in [5.74, 6) is 0.727. The van der Waals surface area contributed by atoms with E-state index in [0.29, 0.717) is 11.9 Å². The van der Waals surface area contributed by atoms with Gasteiger partial charge in [-0.3, -0.25) is 14.5 Å². The maximum absolute atomic E-state index is 12.9. The molecule has 0 N–H and O–H groups in total. The highest BCUT2D eigenvalue weighted by Crippen LogP contribution is 2.27. The molecule has 152 valence electrons. The minimum atomic E-state index is 0.164. The van der Waals surface area contributed by atoms with Crippen LogP contribution in [0.25, 0.3) is 0 Å². The van der Waals surface area contributed by atoms with Gasteiger partial charge in [-0.2, -0.15) is 0 Å². The van der Waals surface area contributed by atoms with E-state index in [2.05, 4.69) is 9.80 Å². The van der Waals surface area contributed by atoms with Gasteiger partial charge in [0.05, 0.1) is 5.92 Å². The van der Waals surface area contributed by atoms with Crippen LogP contribution in [0.4, 0.5) is 0 Å². The van der Waals surface area contributed by atoms with Crippen LogP contribution in [-0.4, -0.2) is 71.8 Å². The number of hydrogen-bond donors (Lipinski definition) is 0. The Hall–Kier alpha value is -1.88. The van der Waals surface area contributed by atoms with E-state index < -0.39 is 0 Å². The quantitative estimate of drug-likeness (QED) is 0.806. The molecule has 0 bridgehead atoms. The van der Waals surface area contributed by atoms with Gasteiger partial charge in [-0.15, -0.1) is 0 Å². The number of nitrogens with zero attached hydrogens (tertiary/aromatic N) is 3. The molecular weight excluding hydrogens is 350 g/mol. The summed E-state index contributed by atoms with van der Waals surface area (Å²) >= 11 is 0. The molecule has 1 aromatic rings. The van der Waals surface area contributed by atoms with Crippen LogP contribution in [0.15, 0.2) is 24.3 Å². The van der Waals surface area contributed by atoms with Crippen molar-refractivity contribution in [3.05, 3.63) is 35.4 Å². The van der Waals surface area contributed by atoms with Gasteiger partial charge >= 0.3 is 0 Å². The molecule has 2 amide bonds. The normalized spacial score (nSPS) is 24.5. The van der Waals surface area contributed by atoms with Gasteiger partial charge in [0, 0.05) is 44.3 Å². The van der Waals surface area contributed by atoms with Crippen molar-refractivity contribution < 1.29 is 9.59 Å². The Balaban J connectivity index is 1.31. The van der Waals surface area contributed by atoms with Crippen LogP contribution in [-0.2, 0) is 4.79 Å². The van der Waals surface area contributed by atoms with Gasteiger partial charge in [0.2, 0.25) is 5.91 Å². The fraction of sp³-hybridized carbons (Fsp3) is 0.652. The number of carbonyl (C=O) groups excluding carboxylic acids is 2. The van der Waals surface area contributed by atoms with Gasteiger partial charge in [0.1, 0.15) is 0 Å². The molecule has 0 aromatic heterocycles. The van der Waals surface area contributed by atoms with E-state index in [1.807, 2.05) is 36.1 Å². The van der Waals surface area contributed by atoms with E-state index in [4.69, 9.17) is 0 Å². The minimum Gasteiger partial charge on any atom is -0.342 e. The van der Waals surface area contributed by atoms with E-state index in [1.54, 1.807) is 0 Å². The molecule has 0 unspecified atom stereocenters. The van der Waals surface area contributed by atoms with Gasteiger partial charge in [0.25, 0.3) is 5.91 Å². The molecular formula is C23H33N3O2. The Labute approximate surface area is 168 Å². The highest BCUT2D eigenvalue weighted by atomic mass is 16.2. The number of likely N-dealkylation sites (tertiary alicyclic amines) is 3. The van der Waals surface area contributed by atoms with Gasteiger partial charge < -0.3 is 9.80 Å². The SMILES string of the molecule is Cc1ccccc1C(=O)N1CCC(N2CCC[C@@H](C(=O)N3CCCC3)C2)CC1. The van der Waals surface area contributed by atoms with E-state index >= 15 is 0 Å². The van der Waals surface area contributed by atoms with E-state index in [-0.39, 0.29) is 11.8 Å². The van der Waals surface area contributed by atoms with Gasteiger partial charge in [-0.05, 0) is 63.6 Å². The Morgan fingerprint density at radius 2 is 1.57 bits per heavy atom. The highest BCUT2D eigenvalue weighted by Gasteiger charge is 2.34. The number of rotatable bonds is 3. The molecule has 1 aromatic carbocycles. The zero-order valence-corrected chi connectivity index (χ0v) is 17.1. The molecule has 3 aliphatic heterocycles. The lowest BCUT2D eigenvalue weighted by molar-refractivity contribution is -0.136. The molecule has 0 radical (unpaired) electrons. The highest BCUT2D eigenvalue weighted by molar-refractivity contribution is 5.95. The Bertz CT molecular complexity index is 706. The summed E-state index contributed by atoms with van der Waals surface area (Å²) in [6, 6.07) is 8.37. The zero-order valence-electron chi connectivity index (χ0n) is 17.1. The first-order valence-electron chi connectivity index (χ1n) is 11.0. The molecule has 0 spiro atoms. The first-order chi connectivity index (χ1) is 13.6. The van der Waals surface area contributed by atoms with Crippen molar-refractivity contribution >= 4 is 11.8 Å². The van der Waals surface area contributed by atoms with Gasteiger partial charge in [0.15, 0.2) is 0 Å². The average Bonchev–Trinajstić information content (AvgIpc) is 3.28. The average molecular weight is 384 g/mol. The predicted molar refractivity (Wildman–Crippen MR) is 110 cm³/mol. The number of aryl methyl sites for hydroxylation is 1. The number of amides is 2. The van der Waals surface area contributed by atoms with Crippen molar-refractivity contribution in [2.24, 2.45) is 5.92 Å². The number of piperidine rings is 2. The lowest BCUT2D eigenvalue weighted by Gasteiger charge is -2.42. The second kappa shape index (κ2) is 8.64. The van der Waals surface area contributed by atoms with Crippen LogP contribution in [0, 0.1) is 12.8 Å². The lowest BCUT2D eigenvalue weighted by Crippen LogP contribution is -2.51. The standard InChI is InChI=1S/C23H33N3O2/c1-18-7-2-3-9-21(18)23(28)25-15-10-20(11-16-25)26-14-6-8-19(17-26)22(27)24-12-4-5-13-24/h2-3,7,9,19-20H,4-6,8,10-17H2,1H3/t19-/m1/s1. The summed E-state index contributed by atoms with van der Waals surface area (Å²) in [5.41, 5.74) is 1.88. The maximum Gasteiger partial charge on any atom is 0.254 e. The smallest absolute Gasteiger partial charge is 0.254 e. The Morgan fingerprint density at radius 3 is 2.29 bits per heavy atom. The summed E-state index contributed by atoms with van der Waals surface area (Å²) in [6.45, 7) is 7.55. The van der Waals surface area contributed by atoms with Crippen molar-refractivity contribution in [1.29, 1.82) is 0 Å². The molecule has 5 heteroatoms. The molecule has 4 rings (SSSR count). The monoisotopic (exact) mass is 383 g/mol. The third-order valence-corrected chi connectivity index (χ3v) is 6.86. The van der Waals surface area contributed by atoms with Gasteiger partial charge in [-0.25, -0.2) is 0 Å². The largest absolute Gasteiger partial charge is 0.342 e. The summed E-state index contributed by atoms with van der Waals surface area (Å²) in [4.78, 5) is 32.3. The maximum atomic E-state index is 12.9. The van der Waals surface area contributed by atoms with Crippen molar-refractivity contribution in [2.45, 2.75) is 51.5 Å². The second-order valence-electron chi connectivity index (χ2n) is 8.70. The van der Waals surface area contributed by atoms with Crippen molar-refractivity contribution in [1.82, 2.24) is 14.7 Å². The second-order valence-corrected chi connectivity index (χ2v) is 8.70. The first-order valence-corrected chi connectivity index (χ1v) is 11.0. The molecule has 0 saturated carbocycles. The fourth-order valence-electron chi connectivity index (χ4n) is 5.15. The summed E-state index contributed by atoms with van der Waals surface area (Å²) < 4.78 is 0. The van der Waals surface area contributed by atoms with Crippen molar-refractivity contribution in [2.75, 3.05) is 39.3 Å². The minimum absolute atomic E-state index is 0.164. The summed E-state index contributed by atoms with van der Waals surface area (Å²) in [5, 5.41) is 0. The van der Waals surface area contributed by atoms with Crippen LogP contribution < -0.4 is 0 Å². The fourth-order valence-corrected chi connectivity index (χ4v) is 5.15. The molecule has 5 nitrogen and oxygen atoms in total. The van der Waals surface area contributed by atoms with Crippen LogP contribution in [0.5, 0.6) is 0 Å². The summed E-state index contributed by atoms with van der Waals surface area (Å²) in [6.07, 6.45) is 6.51. The van der Waals surface area contributed by atoms with E-state index in [0.717, 1.165) is 88.9 Å². The number of hydrogen-bond acceptors (Lipinski definition) is 3. The van der Waals surface area contributed by atoms with Crippen molar-refractivity contribution in [3.8, 4) is 0 Å². The third-order valence-electron chi connectivity index (χ3n) is 6.86. The zero-order chi connectivity index (χ0) is 19.5. The molecule has 3 aliphatic rings. The first kappa shape index (κ1) is 19.4. The molecule has 3 heterocycles. The molecule has 28 heavy (non-hydrogen) atoms. The molecule has 3 fully saturated rings. The van der Waals surface area contributed by atoms with Crippen molar-refractivity contribution in [3.63, 3.8) is 0 Å². The Morgan fingerprint density at radius 1 is 0.857 bits per heavy atom. The Kier molecular flexibility index (Phi) is 6.00. The third kappa shape index (κ3) is 4.09. The number of carbonyl (C=O) groups is 2. The van der Waals surface area contributed by atoms with Crippen LogP contribution in [0.3, 0.4) is 0 Å². The van der Waals surface area contributed by atoms with E-state index in [9.17, 15) is 9.59 Å². The van der Waals surface area contributed by atoms with Crippen LogP contribution >= 0.6 is 0 Å². The predicted octanol–water partition coefficient (Wildman–Crippen LogP) is 2.93. The number of benzene rings is 1. The van der Waals surface area contributed by atoms with Gasteiger partial charge in [-0.1, -0.05) is 18.2 Å². The molecule has 3 saturated heterocycles. The van der Waals surface area contributed by atoms with E-state index in [1.165, 1.54) is 0 Å². The topological polar surface area (TPSA) is 43.9 Å². The lowest BCUT2D eigenvalue weighted by atomic mass is 9.92. The summed E-state index contributed by atoms with van der Waals surface area (Å²) in [7, 11) is 0. The van der Waals surface area contributed by atoms with Crippen LogP contribution in [0.1, 0.15) is 54.4 Å². The molecule has 1 atom stereocenters. The molecule has 0 aliphatic carbocycles. The van der Waals surface area contributed by atoms with Crippen LogP contribution in [0.2, 0.25) is 0 Å².